The van der Waals surface area contributed by atoms with Gasteiger partial charge in [0.1, 0.15) is 0 Å². The van der Waals surface area contributed by atoms with Crippen LogP contribution >= 0.6 is 0 Å². The maximum atomic E-state index is 10.3. The van der Waals surface area contributed by atoms with Crippen LogP contribution < -0.4 is 0 Å². The molecule has 166 valence electrons. The van der Waals surface area contributed by atoms with Gasteiger partial charge < -0.3 is 10.2 Å². The van der Waals surface area contributed by atoms with E-state index >= 15 is 0 Å². The van der Waals surface area contributed by atoms with Crippen molar-refractivity contribution in [2.24, 2.45) is 46.3 Å². The molecule has 4 aliphatic carbocycles. The smallest absolute Gasteiger partial charge is 0.0577 e. The lowest BCUT2D eigenvalue weighted by Crippen LogP contribution is -2.50. The third-order valence-electron chi connectivity index (χ3n) is 10.5. The summed E-state index contributed by atoms with van der Waals surface area (Å²) in [6.45, 7) is 11.9. The van der Waals surface area contributed by atoms with E-state index in [1.165, 1.54) is 44.9 Å². The van der Waals surface area contributed by atoms with Crippen LogP contribution in [0.4, 0.5) is 0 Å². The van der Waals surface area contributed by atoms with Crippen molar-refractivity contribution in [3.63, 3.8) is 0 Å². The third-order valence-corrected chi connectivity index (χ3v) is 10.5. The summed E-state index contributed by atoms with van der Waals surface area (Å²) in [6, 6.07) is 0. The SMILES string of the molecule is CC(C)C(O)CCC(C)[C@H]1CC[C@H]2[C@@H]3CC=C4C[C@@H](O)CC[C@]4(C)[C@H]3CC[C@]12C. The van der Waals surface area contributed by atoms with Crippen LogP contribution in [0, 0.1) is 46.3 Å². The second-order valence-electron chi connectivity index (χ2n) is 12.3. The molecular formula is C27H46O2. The van der Waals surface area contributed by atoms with Crippen molar-refractivity contribution in [2.75, 3.05) is 0 Å². The Labute approximate surface area is 179 Å². The van der Waals surface area contributed by atoms with Crippen molar-refractivity contribution in [1.82, 2.24) is 0 Å². The summed E-state index contributed by atoms with van der Waals surface area (Å²) in [6.07, 6.45) is 14.4. The predicted molar refractivity (Wildman–Crippen MR) is 120 cm³/mol. The van der Waals surface area contributed by atoms with Crippen LogP contribution in [0.1, 0.15) is 98.8 Å². The molecule has 0 spiro atoms. The van der Waals surface area contributed by atoms with Crippen LogP contribution in [-0.2, 0) is 0 Å². The van der Waals surface area contributed by atoms with Gasteiger partial charge in [0.15, 0.2) is 0 Å². The number of fused-ring (bicyclic) bond motifs is 5. The second kappa shape index (κ2) is 7.97. The van der Waals surface area contributed by atoms with Crippen molar-refractivity contribution in [3.05, 3.63) is 11.6 Å². The van der Waals surface area contributed by atoms with E-state index in [1.54, 1.807) is 5.57 Å². The Bertz CT molecular complexity index is 624. The van der Waals surface area contributed by atoms with Gasteiger partial charge in [0.2, 0.25) is 0 Å². The van der Waals surface area contributed by atoms with E-state index in [-0.39, 0.29) is 12.2 Å². The average Bonchev–Trinajstić information content (AvgIpc) is 3.03. The second-order valence-corrected chi connectivity index (χ2v) is 12.3. The first-order chi connectivity index (χ1) is 13.7. The fourth-order valence-electron chi connectivity index (χ4n) is 8.59. The molecule has 2 nitrogen and oxygen atoms in total. The molecule has 0 saturated heterocycles. The molecule has 0 aromatic carbocycles. The van der Waals surface area contributed by atoms with Gasteiger partial charge in [-0.1, -0.05) is 46.3 Å². The zero-order valence-electron chi connectivity index (χ0n) is 19.7. The summed E-state index contributed by atoms with van der Waals surface area (Å²) in [5, 5.41) is 20.5. The Morgan fingerprint density at radius 3 is 2.48 bits per heavy atom. The van der Waals surface area contributed by atoms with Crippen LogP contribution in [-0.4, -0.2) is 22.4 Å². The third kappa shape index (κ3) is 3.65. The van der Waals surface area contributed by atoms with Gasteiger partial charge in [-0.05, 0) is 111 Å². The van der Waals surface area contributed by atoms with Crippen molar-refractivity contribution in [1.29, 1.82) is 0 Å². The first-order valence-corrected chi connectivity index (χ1v) is 12.7. The fraction of sp³-hybridized carbons (Fsp3) is 0.926. The van der Waals surface area contributed by atoms with Crippen LogP contribution in [0.3, 0.4) is 0 Å². The van der Waals surface area contributed by atoms with Gasteiger partial charge in [0.05, 0.1) is 12.2 Å². The van der Waals surface area contributed by atoms with E-state index in [2.05, 4.69) is 40.7 Å². The van der Waals surface area contributed by atoms with Gasteiger partial charge in [0.25, 0.3) is 0 Å². The van der Waals surface area contributed by atoms with Crippen molar-refractivity contribution >= 4 is 0 Å². The summed E-state index contributed by atoms with van der Waals surface area (Å²) < 4.78 is 0. The van der Waals surface area contributed by atoms with Crippen molar-refractivity contribution in [3.8, 4) is 0 Å². The largest absolute Gasteiger partial charge is 0.393 e. The van der Waals surface area contributed by atoms with E-state index in [9.17, 15) is 10.2 Å². The minimum atomic E-state index is -0.137. The molecule has 9 atom stereocenters. The quantitative estimate of drug-likeness (QED) is 0.525. The topological polar surface area (TPSA) is 40.5 Å². The van der Waals surface area contributed by atoms with E-state index in [1.807, 2.05) is 0 Å². The summed E-state index contributed by atoms with van der Waals surface area (Å²) in [5.74, 6) is 4.51. The normalized spacial score (nSPS) is 46.5. The molecule has 4 rings (SSSR count). The molecule has 0 aromatic heterocycles. The fourth-order valence-corrected chi connectivity index (χ4v) is 8.59. The lowest BCUT2D eigenvalue weighted by molar-refractivity contribution is -0.0579. The van der Waals surface area contributed by atoms with Gasteiger partial charge in [0, 0.05) is 0 Å². The molecule has 29 heavy (non-hydrogen) atoms. The molecule has 0 aliphatic heterocycles. The van der Waals surface area contributed by atoms with Crippen molar-refractivity contribution < 1.29 is 10.2 Å². The minimum absolute atomic E-state index is 0.0994. The molecule has 4 aliphatic rings. The highest BCUT2D eigenvalue weighted by Crippen LogP contribution is 2.67. The molecule has 2 unspecified atom stereocenters. The molecule has 0 aromatic rings. The Morgan fingerprint density at radius 2 is 1.76 bits per heavy atom. The molecule has 0 bridgehead atoms. The lowest BCUT2D eigenvalue weighted by atomic mass is 9.47. The number of hydrogen-bond donors (Lipinski definition) is 2. The van der Waals surface area contributed by atoms with Gasteiger partial charge in [-0.15, -0.1) is 0 Å². The highest BCUT2D eigenvalue weighted by Gasteiger charge is 2.59. The van der Waals surface area contributed by atoms with Crippen LogP contribution in [0.15, 0.2) is 11.6 Å². The molecule has 0 radical (unpaired) electrons. The van der Waals surface area contributed by atoms with Crippen LogP contribution in [0.25, 0.3) is 0 Å². The maximum Gasteiger partial charge on any atom is 0.0577 e. The molecule has 0 amide bonds. The van der Waals surface area contributed by atoms with Crippen LogP contribution in [0.5, 0.6) is 0 Å². The first kappa shape index (κ1) is 21.9. The molecule has 3 fully saturated rings. The van der Waals surface area contributed by atoms with Gasteiger partial charge in [-0.2, -0.15) is 0 Å². The van der Waals surface area contributed by atoms with Gasteiger partial charge in [-0.3, -0.25) is 0 Å². The molecule has 2 N–H and O–H groups in total. The first-order valence-electron chi connectivity index (χ1n) is 12.7. The molecule has 2 heteroatoms. The number of rotatable bonds is 5. The molecule has 3 saturated carbocycles. The van der Waals surface area contributed by atoms with E-state index < -0.39 is 0 Å². The van der Waals surface area contributed by atoms with Gasteiger partial charge >= 0.3 is 0 Å². The molecule has 0 heterocycles. The van der Waals surface area contributed by atoms with E-state index in [4.69, 9.17) is 0 Å². The summed E-state index contributed by atoms with van der Waals surface area (Å²) in [7, 11) is 0. The minimum Gasteiger partial charge on any atom is -0.393 e. The number of hydrogen-bond acceptors (Lipinski definition) is 2. The number of aliphatic hydroxyl groups is 2. The Morgan fingerprint density at radius 1 is 1.00 bits per heavy atom. The average molecular weight is 403 g/mol. The Balaban J connectivity index is 1.49. The standard InChI is InChI=1S/C27H46O2/c1-17(2)25(29)11-6-18(3)22-9-10-23-21-8-7-19-16-20(28)12-14-26(19,4)24(21)13-15-27(22,23)5/h7,17-18,20-25,28-29H,6,8-16H2,1-5H3/t18?,20-,21-,22+,23-,24-,25?,26-,27+/m0/s1. The summed E-state index contributed by atoms with van der Waals surface area (Å²) in [5.41, 5.74) is 2.44. The van der Waals surface area contributed by atoms with E-state index in [0.29, 0.717) is 16.7 Å². The number of aliphatic hydroxyl groups excluding tert-OH is 2. The Hall–Kier alpha value is -0.340. The monoisotopic (exact) mass is 402 g/mol. The number of allylic oxidation sites excluding steroid dienone is 1. The molecular weight excluding hydrogens is 356 g/mol. The lowest BCUT2D eigenvalue weighted by Gasteiger charge is -2.58. The summed E-state index contributed by atoms with van der Waals surface area (Å²) in [4.78, 5) is 0. The Kier molecular flexibility index (Phi) is 6.01. The summed E-state index contributed by atoms with van der Waals surface area (Å²) >= 11 is 0. The van der Waals surface area contributed by atoms with Gasteiger partial charge in [-0.25, -0.2) is 0 Å². The highest BCUT2D eigenvalue weighted by molar-refractivity contribution is 5.25. The van der Waals surface area contributed by atoms with E-state index in [0.717, 1.165) is 48.9 Å². The van der Waals surface area contributed by atoms with Crippen LogP contribution in [0.2, 0.25) is 0 Å². The maximum absolute atomic E-state index is 10.3. The van der Waals surface area contributed by atoms with Crippen molar-refractivity contribution in [2.45, 2.75) is 111 Å². The zero-order chi connectivity index (χ0) is 21.0. The predicted octanol–water partition coefficient (Wildman–Crippen LogP) is 6.36. The zero-order valence-corrected chi connectivity index (χ0v) is 19.7. The highest BCUT2D eigenvalue weighted by atomic mass is 16.3.